The fraction of sp³-hybridized carbons (Fsp3) is 0. The lowest BCUT2D eigenvalue weighted by atomic mass is 9.85. The average molecular weight is 626 g/mol. The minimum absolute atomic E-state index is 0.836. The monoisotopic (exact) mass is 625 g/mol. The van der Waals surface area contributed by atoms with Gasteiger partial charge in [0.1, 0.15) is 16.7 Å². The van der Waals surface area contributed by atoms with Crippen molar-refractivity contribution in [3.05, 3.63) is 164 Å². The molecule has 0 aliphatic rings. The first-order valence-corrected chi connectivity index (χ1v) is 16.7. The number of fused-ring (bicyclic) bond motifs is 10. The molecule has 0 fully saturated rings. The highest BCUT2D eigenvalue weighted by molar-refractivity contribution is 6.26. The second kappa shape index (κ2) is 9.96. The van der Waals surface area contributed by atoms with Gasteiger partial charge in [-0.1, -0.05) is 115 Å². The minimum atomic E-state index is 0.836. The maximum Gasteiger partial charge on any atom is 0.146 e. The Labute approximate surface area is 280 Å². The minimum Gasteiger partial charge on any atom is -0.463 e. The first-order chi connectivity index (χ1) is 24.3. The smallest absolute Gasteiger partial charge is 0.146 e. The van der Waals surface area contributed by atoms with E-state index in [2.05, 4.69) is 150 Å². The molecule has 49 heavy (non-hydrogen) atoms. The van der Waals surface area contributed by atoms with Crippen LogP contribution in [0.1, 0.15) is 0 Å². The van der Waals surface area contributed by atoms with Crippen LogP contribution in [0.3, 0.4) is 0 Å². The Hall–Kier alpha value is -6.58. The van der Waals surface area contributed by atoms with Crippen molar-refractivity contribution in [2.75, 3.05) is 0 Å². The van der Waals surface area contributed by atoms with Crippen LogP contribution in [0.4, 0.5) is 0 Å². The van der Waals surface area contributed by atoms with Crippen LogP contribution >= 0.6 is 0 Å². The molecule has 0 bridgehead atoms. The van der Waals surface area contributed by atoms with Crippen LogP contribution in [-0.4, -0.2) is 4.57 Å². The number of aromatic nitrogens is 1. The second-order valence-electron chi connectivity index (χ2n) is 12.8. The molecule has 0 spiro atoms. The van der Waals surface area contributed by atoms with E-state index in [0.717, 1.165) is 44.2 Å². The SMILES string of the molecule is c1ccc(-n2c3ccccc3c3ccc(-c4c5ccccc5c(-c5coc6c5ccc5oc7ccccc7c56)c5ccccc45)cc32)cc1. The molecule has 8 aromatic carbocycles. The summed E-state index contributed by atoms with van der Waals surface area (Å²) in [5.74, 6) is 0. The zero-order chi connectivity index (χ0) is 32.1. The van der Waals surface area contributed by atoms with Crippen molar-refractivity contribution in [1.82, 2.24) is 4.57 Å². The normalized spacial score (nSPS) is 12.1. The number of hydrogen-bond donors (Lipinski definition) is 0. The van der Waals surface area contributed by atoms with Gasteiger partial charge in [-0.05, 0) is 75.1 Å². The van der Waals surface area contributed by atoms with E-state index in [0.29, 0.717) is 0 Å². The summed E-state index contributed by atoms with van der Waals surface area (Å²) in [6.45, 7) is 0. The van der Waals surface area contributed by atoms with Crippen LogP contribution in [0, 0.1) is 0 Å². The third-order valence-electron chi connectivity index (χ3n) is 10.3. The third-order valence-corrected chi connectivity index (χ3v) is 10.3. The van der Waals surface area contributed by atoms with Crippen molar-refractivity contribution < 1.29 is 8.83 Å². The molecule has 0 saturated carbocycles. The quantitative estimate of drug-likeness (QED) is 0.183. The van der Waals surface area contributed by atoms with Crippen molar-refractivity contribution in [3.8, 4) is 27.9 Å². The zero-order valence-corrected chi connectivity index (χ0v) is 26.4. The van der Waals surface area contributed by atoms with Crippen LogP contribution in [0.25, 0.3) is 104 Å². The van der Waals surface area contributed by atoms with Crippen LogP contribution < -0.4 is 0 Å². The molecule has 0 N–H and O–H groups in total. The summed E-state index contributed by atoms with van der Waals surface area (Å²) in [5.41, 5.74) is 10.8. The van der Waals surface area contributed by atoms with Crippen molar-refractivity contribution in [2.45, 2.75) is 0 Å². The third kappa shape index (κ3) is 3.67. The fourth-order valence-corrected chi connectivity index (χ4v) is 8.21. The summed E-state index contributed by atoms with van der Waals surface area (Å²) in [6, 6.07) is 56.4. The van der Waals surface area contributed by atoms with Crippen LogP contribution in [-0.2, 0) is 0 Å². The number of nitrogens with zero attached hydrogens (tertiary/aromatic N) is 1. The molecule has 228 valence electrons. The van der Waals surface area contributed by atoms with Gasteiger partial charge in [-0.15, -0.1) is 0 Å². The summed E-state index contributed by atoms with van der Waals surface area (Å²) >= 11 is 0. The average Bonchev–Trinajstić information content (AvgIpc) is 3.85. The molecule has 0 radical (unpaired) electrons. The van der Waals surface area contributed by atoms with Crippen molar-refractivity contribution in [1.29, 1.82) is 0 Å². The highest BCUT2D eigenvalue weighted by Crippen LogP contribution is 2.48. The maximum absolute atomic E-state index is 6.47. The Balaban J connectivity index is 1.22. The Morgan fingerprint density at radius 3 is 1.76 bits per heavy atom. The van der Waals surface area contributed by atoms with Crippen molar-refractivity contribution in [3.63, 3.8) is 0 Å². The molecule has 3 heterocycles. The fourth-order valence-electron chi connectivity index (χ4n) is 8.21. The van der Waals surface area contributed by atoms with Crippen LogP contribution in [0.5, 0.6) is 0 Å². The number of furan rings is 2. The van der Waals surface area contributed by atoms with E-state index in [1.54, 1.807) is 0 Å². The largest absolute Gasteiger partial charge is 0.463 e. The van der Waals surface area contributed by atoms with E-state index in [1.165, 1.54) is 60.0 Å². The van der Waals surface area contributed by atoms with E-state index in [-0.39, 0.29) is 0 Å². The number of hydrogen-bond acceptors (Lipinski definition) is 2. The first kappa shape index (κ1) is 26.5. The molecule has 0 aliphatic carbocycles. The van der Waals surface area contributed by atoms with Gasteiger partial charge in [-0.2, -0.15) is 0 Å². The van der Waals surface area contributed by atoms with Gasteiger partial charge in [0, 0.05) is 38.4 Å². The number of para-hydroxylation sites is 3. The summed E-state index contributed by atoms with van der Waals surface area (Å²) in [4.78, 5) is 0. The molecular weight excluding hydrogens is 599 g/mol. The van der Waals surface area contributed by atoms with Gasteiger partial charge in [0.25, 0.3) is 0 Å². The van der Waals surface area contributed by atoms with E-state index >= 15 is 0 Å². The molecule has 0 atom stereocenters. The van der Waals surface area contributed by atoms with E-state index in [4.69, 9.17) is 8.83 Å². The first-order valence-electron chi connectivity index (χ1n) is 16.7. The number of benzene rings is 8. The topological polar surface area (TPSA) is 31.2 Å². The van der Waals surface area contributed by atoms with Crippen LogP contribution in [0.15, 0.2) is 173 Å². The lowest BCUT2D eigenvalue weighted by Crippen LogP contribution is -1.94. The Bertz CT molecular complexity index is 3050. The van der Waals surface area contributed by atoms with Gasteiger partial charge < -0.3 is 13.4 Å². The van der Waals surface area contributed by atoms with Gasteiger partial charge in [0.15, 0.2) is 0 Å². The van der Waals surface area contributed by atoms with E-state index < -0.39 is 0 Å². The highest BCUT2D eigenvalue weighted by atomic mass is 16.3. The molecule has 0 saturated heterocycles. The van der Waals surface area contributed by atoms with Crippen molar-refractivity contribution in [2.24, 2.45) is 0 Å². The highest BCUT2D eigenvalue weighted by Gasteiger charge is 2.22. The molecule has 11 rings (SSSR count). The molecular formula is C46H27NO2. The molecule has 0 unspecified atom stereocenters. The van der Waals surface area contributed by atoms with Crippen molar-refractivity contribution >= 4 is 76.3 Å². The predicted molar refractivity (Wildman–Crippen MR) is 204 cm³/mol. The molecule has 0 aliphatic heterocycles. The molecule has 3 aromatic heterocycles. The van der Waals surface area contributed by atoms with E-state index in [1.807, 2.05) is 18.4 Å². The predicted octanol–water partition coefficient (Wildman–Crippen LogP) is 13.1. The molecule has 3 nitrogen and oxygen atoms in total. The Morgan fingerprint density at radius 2 is 1.00 bits per heavy atom. The molecule has 0 amide bonds. The van der Waals surface area contributed by atoms with Gasteiger partial charge in [0.2, 0.25) is 0 Å². The lowest BCUT2D eigenvalue weighted by molar-refractivity contribution is 0.619. The summed E-state index contributed by atoms with van der Waals surface area (Å²) in [6.07, 6.45) is 1.93. The Kier molecular flexibility index (Phi) is 5.38. The van der Waals surface area contributed by atoms with Crippen LogP contribution in [0.2, 0.25) is 0 Å². The summed E-state index contributed by atoms with van der Waals surface area (Å²) in [7, 11) is 0. The maximum atomic E-state index is 6.47. The standard InChI is InChI=1S/C46H27NO2/c1-2-12-29(13-3-1)47-39-20-10-8-14-30(39)31-23-22-28(26-40(31)47)43-32-15-4-6-17-34(32)44(35-18-7-5-16-33(35)43)38-27-48-46-36(38)24-25-42-45(46)37-19-9-11-21-41(37)49-42/h1-27H. The Morgan fingerprint density at radius 1 is 0.408 bits per heavy atom. The summed E-state index contributed by atoms with van der Waals surface area (Å²) < 4.78 is 15.1. The lowest BCUT2D eigenvalue weighted by Gasteiger charge is -2.17. The molecule has 11 aromatic rings. The second-order valence-corrected chi connectivity index (χ2v) is 12.8. The zero-order valence-electron chi connectivity index (χ0n) is 26.4. The van der Waals surface area contributed by atoms with E-state index in [9.17, 15) is 0 Å². The molecule has 3 heteroatoms. The van der Waals surface area contributed by atoms with Gasteiger partial charge in [0.05, 0.1) is 22.7 Å². The summed E-state index contributed by atoms with van der Waals surface area (Å²) in [5, 5.41) is 10.5. The van der Waals surface area contributed by atoms with Gasteiger partial charge in [-0.3, -0.25) is 0 Å². The van der Waals surface area contributed by atoms with Gasteiger partial charge in [-0.25, -0.2) is 0 Å². The number of rotatable bonds is 3. The van der Waals surface area contributed by atoms with Gasteiger partial charge >= 0.3 is 0 Å².